The molecule has 1 saturated heterocycles. The highest BCUT2D eigenvalue weighted by Crippen LogP contribution is 2.41. The van der Waals surface area contributed by atoms with Crippen molar-refractivity contribution in [2.45, 2.75) is 105 Å². The number of ether oxygens (including phenoxy) is 3. The Hall–Kier alpha value is -6.51. The predicted molar refractivity (Wildman–Crippen MR) is 266 cm³/mol. The number of amides is 3. The summed E-state index contributed by atoms with van der Waals surface area (Å²) in [4.78, 5) is 71.2. The molecule has 2 aliphatic rings. The van der Waals surface area contributed by atoms with Crippen molar-refractivity contribution in [2.75, 3.05) is 41.0 Å². The smallest absolute Gasteiger partial charge is 0.324 e. The van der Waals surface area contributed by atoms with Crippen LogP contribution in [0, 0.1) is 11.3 Å². The molecular weight excluding hydrogens is 873 g/mol. The van der Waals surface area contributed by atoms with Crippen LogP contribution in [0.4, 0.5) is 5.69 Å². The van der Waals surface area contributed by atoms with Crippen molar-refractivity contribution in [3.05, 3.63) is 107 Å². The van der Waals surface area contributed by atoms with Crippen LogP contribution in [0.25, 0.3) is 33.3 Å². The third kappa shape index (κ3) is 11.9. The molecule has 7 rings (SSSR count). The number of benzene rings is 3. The van der Waals surface area contributed by atoms with E-state index < -0.39 is 41.3 Å². The van der Waals surface area contributed by atoms with Crippen molar-refractivity contribution in [1.82, 2.24) is 30.2 Å². The second-order valence-electron chi connectivity index (χ2n) is 19.1. The molecule has 5 aromatic rings. The number of likely N-dealkylation sites (N-methyl/N-ethyl adjacent to an activating group) is 1. The summed E-state index contributed by atoms with van der Waals surface area (Å²) < 4.78 is 19.4. The van der Waals surface area contributed by atoms with E-state index in [1.54, 1.807) is 27.5 Å². The number of pyridine rings is 1. The Morgan fingerprint density at radius 1 is 1.01 bits per heavy atom. The molecule has 69 heavy (non-hydrogen) atoms. The van der Waals surface area contributed by atoms with Crippen molar-refractivity contribution < 1.29 is 33.4 Å². The number of aliphatic imine (C=N–C) groups is 2. The average molecular weight is 939 g/mol. The van der Waals surface area contributed by atoms with Crippen LogP contribution >= 0.6 is 0 Å². The molecule has 15 heteroatoms. The molecule has 364 valence electrons. The first-order valence-corrected chi connectivity index (χ1v) is 23.9. The van der Waals surface area contributed by atoms with Crippen LogP contribution in [0.2, 0.25) is 0 Å². The monoisotopic (exact) mass is 939 g/mol. The van der Waals surface area contributed by atoms with Gasteiger partial charge in [-0.2, -0.15) is 4.99 Å². The van der Waals surface area contributed by atoms with Gasteiger partial charge in [-0.05, 0) is 84.2 Å². The van der Waals surface area contributed by atoms with Crippen molar-refractivity contribution in [2.24, 2.45) is 21.3 Å². The molecule has 2 aromatic heterocycles. The van der Waals surface area contributed by atoms with Gasteiger partial charge in [0.05, 0.1) is 43.8 Å². The zero-order valence-electron chi connectivity index (χ0n) is 41.2. The minimum Gasteiger partial charge on any atom is -0.464 e. The molecule has 1 fully saturated rings. The van der Waals surface area contributed by atoms with Gasteiger partial charge in [-0.25, -0.2) is 10.4 Å². The highest BCUT2D eigenvalue weighted by atomic mass is 16.5. The molecular formula is C54H66N8O7. The summed E-state index contributed by atoms with van der Waals surface area (Å²) in [6.45, 7) is 12.2. The van der Waals surface area contributed by atoms with Crippen LogP contribution in [0.3, 0.4) is 0 Å². The molecule has 0 spiro atoms. The lowest BCUT2D eigenvalue weighted by Gasteiger charge is -2.36. The van der Waals surface area contributed by atoms with Crippen LogP contribution in [0.5, 0.6) is 0 Å². The maximum atomic E-state index is 14.7. The van der Waals surface area contributed by atoms with E-state index in [0.29, 0.717) is 51.3 Å². The fraction of sp³-hybridized carbons (Fsp3) is 0.444. The lowest BCUT2D eigenvalue weighted by Crippen LogP contribution is -2.62. The van der Waals surface area contributed by atoms with Crippen molar-refractivity contribution in [3.8, 4) is 22.4 Å². The molecule has 3 atom stereocenters. The van der Waals surface area contributed by atoms with Crippen LogP contribution in [0.1, 0.15) is 76.1 Å². The number of aromatic nitrogens is 2. The topological polar surface area (TPSA) is 169 Å². The number of esters is 1. The molecule has 15 nitrogen and oxygen atoms in total. The Labute approximate surface area is 405 Å². The number of hydrazine groups is 1. The van der Waals surface area contributed by atoms with E-state index >= 15 is 0 Å². The van der Waals surface area contributed by atoms with Crippen LogP contribution in [0.15, 0.2) is 95.2 Å². The summed E-state index contributed by atoms with van der Waals surface area (Å²) in [5, 5.41) is 5.58. The standard InChI is InChI=1S/C54H66N8O7/c1-9-61-47-20-19-38-28-41(47)42(50(61)43-30-55-23-21-39(43)31-67-7)29-54(4,5)33-69-53(66)45-18-13-25-62(59-45)52(65)46(27-36-14-12-16-37(38)26-36)58-51(64)49(35(2)3)60(6)48(63)22-24-56-34-57-44-17-11-10-15-40(44)32-68-8/h10-12,14-17,19-21,23,26,28,30,35,45-46,49,59H,9,13,18,22,24-25,27,29,31-33H2,1-8H3,(H,58,64)/t45-,46-,49-/m0/s1. The van der Waals surface area contributed by atoms with Crippen molar-refractivity contribution >= 4 is 46.3 Å². The lowest BCUT2D eigenvalue weighted by molar-refractivity contribution is -0.155. The fourth-order valence-corrected chi connectivity index (χ4v) is 9.55. The first kappa shape index (κ1) is 50.4. The fourth-order valence-electron chi connectivity index (χ4n) is 9.55. The van der Waals surface area contributed by atoms with Gasteiger partial charge in [0.25, 0.3) is 5.91 Å². The maximum absolute atomic E-state index is 14.7. The molecule has 4 heterocycles. The summed E-state index contributed by atoms with van der Waals surface area (Å²) in [6, 6.07) is 24.0. The SMILES string of the molecule is CCn1c(-c2cnccc2COC)c2c3cc(ccc31)-c1cccc(c1)C[C@H](NC(=O)[C@H](C(C)C)N(C)C(=O)CCN=C=Nc1ccccc1COC)C(=O)N1CCC[C@H](N1)C(=O)OCC(C)(C)C2. The number of rotatable bonds is 14. The third-order valence-electron chi connectivity index (χ3n) is 12.9. The Balaban J connectivity index is 1.21. The van der Waals surface area contributed by atoms with Crippen LogP contribution < -0.4 is 10.7 Å². The van der Waals surface area contributed by atoms with Crippen molar-refractivity contribution in [3.63, 3.8) is 0 Å². The number of fused-ring (bicyclic) bond motifs is 6. The number of carbonyl (C=O) groups excluding carboxylic acids is 4. The van der Waals surface area contributed by atoms with E-state index in [1.807, 2.05) is 62.5 Å². The Morgan fingerprint density at radius 2 is 1.78 bits per heavy atom. The molecule has 3 amide bonds. The molecule has 0 saturated carbocycles. The van der Waals surface area contributed by atoms with Gasteiger partial charge in [-0.3, -0.25) is 29.2 Å². The summed E-state index contributed by atoms with van der Waals surface area (Å²) in [6.07, 6.45) is 5.48. The average Bonchev–Trinajstić information content (AvgIpc) is 3.64. The number of cyclic esters (lactones) is 1. The lowest BCUT2D eigenvalue weighted by atomic mass is 9.84. The first-order valence-electron chi connectivity index (χ1n) is 23.9. The highest BCUT2D eigenvalue weighted by molar-refractivity contribution is 5.96. The van der Waals surface area contributed by atoms with Crippen LogP contribution in [-0.4, -0.2) is 108 Å². The molecule has 0 radical (unpaired) electrons. The van der Waals surface area contributed by atoms with Gasteiger partial charge in [-0.15, -0.1) is 0 Å². The van der Waals surface area contributed by atoms with E-state index in [2.05, 4.69) is 87.4 Å². The number of hydrogen-bond donors (Lipinski definition) is 2. The second-order valence-corrected chi connectivity index (χ2v) is 19.1. The third-order valence-corrected chi connectivity index (χ3v) is 12.9. The second kappa shape index (κ2) is 22.7. The normalized spacial score (nSPS) is 17.7. The number of hydrogen-bond acceptors (Lipinski definition) is 11. The van der Waals surface area contributed by atoms with Gasteiger partial charge in [0, 0.05) is 87.0 Å². The first-order chi connectivity index (χ1) is 33.2. The van der Waals surface area contributed by atoms with Gasteiger partial charge < -0.3 is 29.0 Å². The minimum atomic E-state index is -1.05. The zero-order valence-corrected chi connectivity index (χ0v) is 41.2. The number of aryl methyl sites for hydroxylation is 1. The van der Waals surface area contributed by atoms with Crippen LogP contribution in [-0.2, 0) is 66.0 Å². The summed E-state index contributed by atoms with van der Waals surface area (Å²) >= 11 is 0. The number of para-hydroxylation sites is 1. The largest absolute Gasteiger partial charge is 0.464 e. The van der Waals surface area contributed by atoms with Gasteiger partial charge in [0.1, 0.15) is 18.1 Å². The van der Waals surface area contributed by atoms with E-state index in [-0.39, 0.29) is 37.8 Å². The number of nitrogens with zero attached hydrogens (tertiary/aromatic N) is 6. The summed E-state index contributed by atoms with van der Waals surface area (Å²) in [7, 11) is 4.90. The quantitative estimate of drug-likeness (QED) is 0.0837. The number of carbonyl (C=O) groups is 4. The molecule has 6 bridgehead atoms. The molecule has 3 aromatic carbocycles. The van der Waals surface area contributed by atoms with Gasteiger partial charge in [0.2, 0.25) is 11.8 Å². The Bertz CT molecular complexity index is 2720. The molecule has 0 unspecified atom stereocenters. The van der Waals surface area contributed by atoms with E-state index in [9.17, 15) is 19.2 Å². The van der Waals surface area contributed by atoms with Gasteiger partial charge >= 0.3 is 5.97 Å². The molecule has 0 aliphatic carbocycles. The summed E-state index contributed by atoms with van der Waals surface area (Å²) in [5.74, 6) is -1.91. The highest BCUT2D eigenvalue weighted by Gasteiger charge is 2.37. The Kier molecular flexibility index (Phi) is 16.6. The zero-order chi connectivity index (χ0) is 49.2. The molecule has 2 N–H and O–H groups in total. The minimum absolute atomic E-state index is 0.0207. The van der Waals surface area contributed by atoms with Gasteiger partial charge in [0.15, 0.2) is 0 Å². The van der Waals surface area contributed by atoms with E-state index in [4.69, 9.17) is 14.2 Å². The van der Waals surface area contributed by atoms with E-state index in [1.165, 1.54) is 9.91 Å². The number of nitrogens with one attached hydrogen (secondary N) is 2. The number of methoxy groups -OCH3 is 2. The van der Waals surface area contributed by atoms with Crippen molar-refractivity contribution in [1.29, 1.82) is 0 Å². The predicted octanol–water partition coefficient (Wildman–Crippen LogP) is 7.71. The Morgan fingerprint density at radius 3 is 2.55 bits per heavy atom. The van der Waals surface area contributed by atoms with E-state index in [0.717, 1.165) is 55.5 Å². The van der Waals surface area contributed by atoms with Gasteiger partial charge in [-0.1, -0.05) is 76.2 Å². The summed E-state index contributed by atoms with van der Waals surface area (Å²) in [5.41, 5.74) is 12.2. The molecule has 2 aliphatic heterocycles. The maximum Gasteiger partial charge on any atom is 0.324 e.